The third kappa shape index (κ3) is 6.21. The molecule has 0 aromatic heterocycles. The van der Waals surface area contributed by atoms with Crippen LogP contribution in [0.2, 0.25) is 0 Å². The molecule has 0 saturated carbocycles. The predicted molar refractivity (Wildman–Crippen MR) is 111 cm³/mol. The molecule has 142 valence electrons. The zero-order valence-electron chi connectivity index (χ0n) is 14.8. The van der Waals surface area contributed by atoms with E-state index in [1.165, 1.54) is 0 Å². The van der Waals surface area contributed by atoms with Gasteiger partial charge in [0.05, 0.1) is 19.6 Å². The molecule has 0 atom stereocenters. The lowest BCUT2D eigenvalue weighted by Gasteiger charge is -2.26. The van der Waals surface area contributed by atoms with Crippen LogP contribution in [-0.4, -0.2) is 49.6 Å². The Labute approximate surface area is 172 Å². The molecule has 1 aliphatic heterocycles. The Bertz CT molecular complexity index is 772. The van der Waals surface area contributed by atoms with Crippen LogP contribution in [0, 0.1) is 3.57 Å². The first-order valence-corrected chi connectivity index (χ1v) is 9.81. The number of carbonyl (C=O) groups excluding carboxylic acids is 2. The van der Waals surface area contributed by atoms with Gasteiger partial charge in [0, 0.05) is 22.3 Å². The molecule has 6 nitrogen and oxygen atoms in total. The Morgan fingerprint density at radius 1 is 1.04 bits per heavy atom. The summed E-state index contributed by atoms with van der Waals surface area (Å²) < 4.78 is 11.8. The number of nitrogens with zero attached hydrogens (tertiary/aromatic N) is 1. The van der Waals surface area contributed by atoms with E-state index in [0.717, 1.165) is 9.13 Å². The fourth-order valence-corrected chi connectivity index (χ4v) is 3.04. The Hall–Kier alpha value is -2.13. The molecule has 7 heteroatoms. The van der Waals surface area contributed by atoms with E-state index in [2.05, 4.69) is 27.9 Å². The van der Waals surface area contributed by atoms with E-state index in [9.17, 15) is 9.59 Å². The number of ether oxygens (including phenoxy) is 2. The highest BCUT2D eigenvalue weighted by molar-refractivity contribution is 14.1. The number of hydrogen-bond donors (Lipinski definition) is 1. The maximum atomic E-state index is 12.3. The maximum absolute atomic E-state index is 12.3. The van der Waals surface area contributed by atoms with Crippen molar-refractivity contribution in [2.75, 3.05) is 38.2 Å². The molecule has 1 N–H and O–H groups in total. The molecule has 1 heterocycles. The van der Waals surface area contributed by atoms with Crippen molar-refractivity contribution in [1.82, 2.24) is 4.90 Å². The van der Waals surface area contributed by atoms with Gasteiger partial charge < -0.3 is 19.7 Å². The molecule has 0 aliphatic carbocycles. The molecule has 0 spiro atoms. The van der Waals surface area contributed by atoms with Crippen LogP contribution < -0.4 is 10.1 Å². The van der Waals surface area contributed by atoms with Gasteiger partial charge in [0.2, 0.25) is 5.91 Å². The lowest BCUT2D eigenvalue weighted by Crippen LogP contribution is -2.41. The standard InChI is InChI=1S/C20H21IN2O4/c21-16-3-7-18(8-4-16)27-14-19(24)22-17-5-1-15(2-6-17)13-20(25)23-9-11-26-12-10-23/h1-8H,9-14H2,(H,22,24). The van der Waals surface area contributed by atoms with Crippen LogP contribution >= 0.6 is 22.6 Å². The summed E-state index contributed by atoms with van der Waals surface area (Å²) in [4.78, 5) is 26.1. The topological polar surface area (TPSA) is 67.9 Å². The van der Waals surface area contributed by atoms with Crippen LogP contribution in [0.15, 0.2) is 48.5 Å². The highest BCUT2D eigenvalue weighted by Crippen LogP contribution is 2.14. The zero-order valence-corrected chi connectivity index (χ0v) is 17.0. The van der Waals surface area contributed by atoms with Gasteiger partial charge in [-0.3, -0.25) is 9.59 Å². The van der Waals surface area contributed by atoms with Crippen molar-refractivity contribution in [2.24, 2.45) is 0 Å². The zero-order chi connectivity index (χ0) is 19.1. The number of anilines is 1. The van der Waals surface area contributed by atoms with Crippen LogP contribution in [-0.2, 0) is 20.7 Å². The number of nitrogens with one attached hydrogen (secondary N) is 1. The van der Waals surface area contributed by atoms with Crippen LogP contribution in [0.5, 0.6) is 5.75 Å². The van der Waals surface area contributed by atoms with Gasteiger partial charge in [0.25, 0.3) is 5.91 Å². The van der Waals surface area contributed by atoms with Gasteiger partial charge in [-0.2, -0.15) is 0 Å². The first kappa shape index (κ1) is 19.6. The van der Waals surface area contributed by atoms with Crippen molar-refractivity contribution < 1.29 is 19.1 Å². The molecular formula is C20H21IN2O4. The van der Waals surface area contributed by atoms with Gasteiger partial charge in [0.15, 0.2) is 6.61 Å². The lowest BCUT2D eigenvalue weighted by molar-refractivity contribution is -0.134. The average Bonchev–Trinajstić information content (AvgIpc) is 2.70. The smallest absolute Gasteiger partial charge is 0.262 e. The van der Waals surface area contributed by atoms with E-state index in [-0.39, 0.29) is 18.4 Å². The first-order chi connectivity index (χ1) is 13.1. The molecule has 2 amide bonds. The minimum absolute atomic E-state index is 0.0577. The third-order valence-corrected chi connectivity index (χ3v) is 4.86. The van der Waals surface area contributed by atoms with Crippen LogP contribution in [0.25, 0.3) is 0 Å². The molecule has 1 aliphatic rings. The Balaban J connectivity index is 1.45. The summed E-state index contributed by atoms with van der Waals surface area (Å²) in [5, 5.41) is 2.79. The van der Waals surface area contributed by atoms with Crippen LogP contribution in [0.4, 0.5) is 5.69 Å². The van der Waals surface area contributed by atoms with Gasteiger partial charge in [-0.25, -0.2) is 0 Å². The molecular weight excluding hydrogens is 459 g/mol. The normalized spacial score (nSPS) is 13.9. The van der Waals surface area contributed by atoms with E-state index >= 15 is 0 Å². The number of benzene rings is 2. The molecule has 1 saturated heterocycles. The Morgan fingerprint density at radius 3 is 2.37 bits per heavy atom. The Kier molecular flexibility index (Phi) is 7.05. The second kappa shape index (κ2) is 9.70. The van der Waals surface area contributed by atoms with Crippen molar-refractivity contribution in [1.29, 1.82) is 0 Å². The summed E-state index contributed by atoms with van der Waals surface area (Å²) in [6, 6.07) is 14.8. The number of morpholine rings is 1. The van der Waals surface area contributed by atoms with Crippen molar-refractivity contribution in [3.05, 3.63) is 57.7 Å². The van der Waals surface area contributed by atoms with E-state index in [0.29, 0.717) is 44.2 Å². The highest BCUT2D eigenvalue weighted by Gasteiger charge is 2.16. The molecule has 1 fully saturated rings. The number of halogens is 1. The van der Waals surface area contributed by atoms with Crippen LogP contribution in [0.3, 0.4) is 0 Å². The minimum Gasteiger partial charge on any atom is -0.484 e. The van der Waals surface area contributed by atoms with E-state index in [4.69, 9.17) is 9.47 Å². The number of carbonyl (C=O) groups is 2. The molecule has 0 bridgehead atoms. The van der Waals surface area contributed by atoms with Crippen molar-refractivity contribution >= 4 is 40.1 Å². The first-order valence-electron chi connectivity index (χ1n) is 8.73. The summed E-state index contributed by atoms with van der Waals surface area (Å²) >= 11 is 2.21. The molecule has 3 rings (SSSR count). The quantitative estimate of drug-likeness (QED) is 0.646. The van der Waals surface area contributed by atoms with Crippen molar-refractivity contribution in [3.8, 4) is 5.75 Å². The summed E-state index contributed by atoms with van der Waals surface area (Å²) in [5.41, 5.74) is 1.59. The number of rotatable bonds is 6. The second-order valence-corrected chi connectivity index (χ2v) is 7.40. The molecule has 0 radical (unpaired) electrons. The second-order valence-electron chi connectivity index (χ2n) is 6.16. The summed E-state index contributed by atoms with van der Waals surface area (Å²) in [7, 11) is 0. The van der Waals surface area contributed by atoms with E-state index in [1.54, 1.807) is 12.1 Å². The number of hydrogen-bond acceptors (Lipinski definition) is 4. The SMILES string of the molecule is O=C(COc1ccc(I)cc1)Nc1ccc(CC(=O)N2CCOCC2)cc1. The van der Waals surface area contributed by atoms with E-state index < -0.39 is 0 Å². The minimum atomic E-state index is -0.231. The van der Waals surface area contributed by atoms with Gasteiger partial charge in [-0.15, -0.1) is 0 Å². The average molecular weight is 480 g/mol. The lowest BCUT2D eigenvalue weighted by atomic mass is 10.1. The van der Waals surface area contributed by atoms with Crippen LogP contribution in [0.1, 0.15) is 5.56 Å². The van der Waals surface area contributed by atoms with Gasteiger partial charge in [-0.1, -0.05) is 12.1 Å². The molecule has 0 unspecified atom stereocenters. The van der Waals surface area contributed by atoms with E-state index in [1.807, 2.05) is 41.3 Å². The molecule has 2 aromatic rings. The van der Waals surface area contributed by atoms with Gasteiger partial charge >= 0.3 is 0 Å². The maximum Gasteiger partial charge on any atom is 0.262 e. The summed E-state index contributed by atoms with van der Waals surface area (Å²) in [6.45, 7) is 2.43. The fourth-order valence-electron chi connectivity index (χ4n) is 2.68. The Morgan fingerprint density at radius 2 is 1.70 bits per heavy atom. The monoisotopic (exact) mass is 480 g/mol. The van der Waals surface area contributed by atoms with Gasteiger partial charge in [0.1, 0.15) is 5.75 Å². The molecule has 2 aromatic carbocycles. The predicted octanol–water partition coefficient (Wildman–Crippen LogP) is 2.71. The third-order valence-electron chi connectivity index (χ3n) is 4.14. The van der Waals surface area contributed by atoms with Crippen molar-refractivity contribution in [2.45, 2.75) is 6.42 Å². The number of amides is 2. The summed E-state index contributed by atoms with van der Waals surface area (Å²) in [5.74, 6) is 0.522. The highest BCUT2D eigenvalue weighted by atomic mass is 127. The van der Waals surface area contributed by atoms with Gasteiger partial charge in [-0.05, 0) is 64.6 Å². The van der Waals surface area contributed by atoms with Crippen molar-refractivity contribution in [3.63, 3.8) is 0 Å². The summed E-state index contributed by atoms with van der Waals surface area (Å²) in [6.07, 6.45) is 0.351. The fraction of sp³-hybridized carbons (Fsp3) is 0.300. The largest absolute Gasteiger partial charge is 0.484 e. The molecule has 27 heavy (non-hydrogen) atoms.